The summed E-state index contributed by atoms with van der Waals surface area (Å²) < 4.78 is -0.521. The summed E-state index contributed by atoms with van der Waals surface area (Å²) in [4.78, 5) is 15.4. The van der Waals surface area contributed by atoms with E-state index in [1.54, 1.807) is 16.7 Å². The minimum atomic E-state index is -0.521. The van der Waals surface area contributed by atoms with Gasteiger partial charge in [0.05, 0.1) is 5.69 Å². The number of benzene rings is 1. The molecule has 3 rings (SSSR count). The zero-order valence-electron chi connectivity index (χ0n) is 9.81. The Hall–Kier alpha value is -1.48. The summed E-state index contributed by atoms with van der Waals surface area (Å²) in [7, 11) is 1.85. The summed E-state index contributed by atoms with van der Waals surface area (Å²) in [5.41, 5.74) is 2.15. The number of para-hydroxylation sites is 1. The average Bonchev–Trinajstić information content (AvgIpc) is 2.69. The van der Waals surface area contributed by atoms with Gasteiger partial charge in [0, 0.05) is 11.9 Å². The number of carbonyl (C=O) groups is 1. The topological polar surface area (TPSA) is 20.3 Å². The van der Waals surface area contributed by atoms with Gasteiger partial charge >= 0.3 is 0 Å². The van der Waals surface area contributed by atoms with Crippen molar-refractivity contribution in [1.82, 2.24) is 0 Å². The van der Waals surface area contributed by atoms with Crippen LogP contribution in [0, 0.1) is 0 Å². The van der Waals surface area contributed by atoms with Gasteiger partial charge in [0.15, 0.2) is 0 Å². The Morgan fingerprint density at radius 3 is 2.76 bits per heavy atom. The van der Waals surface area contributed by atoms with E-state index in [2.05, 4.69) is 6.07 Å². The Balaban J connectivity index is 2.15. The molecule has 0 bridgehead atoms. The van der Waals surface area contributed by atoms with Crippen LogP contribution in [0.3, 0.4) is 0 Å². The summed E-state index contributed by atoms with van der Waals surface area (Å²) >= 11 is 1.63. The Morgan fingerprint density at radius 1 is 1.29 bits per heavy atom. The highest BCUT2D eigenvalue weighted by Gasteiger charge is 2.43. The molecule has 1 atom stereocenters. The number of amides is 1. The van der Waals surface area contributed by atoms with Gasteiger partial charge in [-0.3, -0.25) is 4.79 Å². The van der Waals surface area contributed by atoms with Crippen LogP contribution in [0.15, 0.2) is 53.0 Å². The van der Waals surface area contributed by atoms with Crippen LogP contribution < -0.4 is 4.90 Å². The number of anilines is 1. The van der Waals surface area contributed by atoms with Gasteiger partial charge in [-0.25, -0.2) is 0 Å². The molecule has 1 aliphatic heterocycles. The van der Waals surface area contributed by atoms with Crippen LogP contribution in [-0.4, -0.2) is 17.7 Å². The van der Waals surface area contributed by atoms with Crippen molar-refractivity contribution in [2.75, 3.05) is 11.9 Å². The Morgan fingerprint density at radius 2 is 2.06 bits per heavy atom. The van der Waals surface area contributed by atoms with Crippen LogP contribution in [0.2, 0.25) is 0 Å². The molecule has 0 aromatic heterocycles. The van der Waals surface area contributed by atoms with Gasteiger partial charge in [0.1, 0.15) is 4.75 Å². The van der Waals surface area contributed by atoms with Gasteiger partial charge in [-0.15, -0.1) is 0 Å². The number of fused-ring (bicyclic) bond motifs is 1. The summed E-state index contributed by atoms with van der Waals surface area (Å²) in [6, 6.07) is 8.04. The summed E-state index contributed by atoms with van der Waals surface area (Å²) in [6.45, 7) is 2.03. The lowest BCUT2D eigenvalue weighted by atomic mass is 10.1. The lowest BCUT2D eigenvalue weighted by Crippen LogP contribution is -2.45. The molecule has 0 saturated heterocycles. The molecule has 0 saturated carbocycles. The molecule has 1 unspecified atom stereocenters. The number of allylic oxidation sites excluding steroid dienone is 2. The molecule has 1 aliphatic carbocycles. The van der Waals surface area contributed by atoms with Gasteiger partial charge in [-0.1, -0.05) is 47.7 Å². The maximum Gasteiger partial charge on any atom is 0.251 e. The Labute approximate surface area is 105 Å². The molecule has 0 fully saturated rings. The molecule has 1 heterocycles. The van der Waals surface area contributed by atoms with Crippen LogP contribution in [0.25, 0.3) is 0 Å². The predicted octanol–water partition coefficient (Wildman–Crippen LogP) is 3.01. The van der Waals surface area contributed by atoms with Gasteiger partial charge < -0.3 is 4.90 Å². The molecular weight excluding hydrogens is 230 g/mol. The summed E-state index contributed by atoms with van der Waals surface area (Å²) in [5, 5.41) is 0. The number of rotatable bonds is 0. The average molecular weight is 243 g/mol. The fourth-order valence-electron chi connectivity index (χ4n) is 2.30. The van der Waals surface area contributed by atoms with E-state index >= 15 is 0 Å². The molecule has 2 aliphatic rings. The first kappa shape index (κ1) is 10.7. The van der Waals surface area contributed by atoms with E-state index in [-0.39, 0.29) is 5.91 Å². The zero-order valence-corrected chi connectivity index (χ0v) is 10.6. The normalized spacial score (nSPS) is 26.4. The van der Waals surface area contributed by atoms with E-state index in [9.17, 15) is 4.79 Å². The van der Waals surface area contributed by atoms with E-state index in [4.69, 9.17) is 0 Å². The van der Waals surface area contributed by atoms with Crippen LogP contribution in [-0.2, 0) is 4.79 Å². The molecule has 3 heteroatoms. The molecule has 0 radical (unpaired) electrons. The highest BCUT2D eigenvalue weighted by atomic mass is 32.2. The quantitative estimate of drug-likeness (QED) is 0.698. The minimum absolute atomic E-state index is 0.134. The monoisotopic (exact) mass is 243 g/mol. The van der Waals surface area contributed by atoms with Gasteiger partial charge in [0.25, 0.3) is 5.91 Å². The second kappa shape index (κ2) is 3.50. The van der Waals surface area contributed by atoms with Crippen molar-refractivity contribution >= 4 is 23.4 Å². The molecule has 1 aromatic rings. The minimum Gasteiger partial charge on any atom is -0.313 e. The standard InChI is InChI=1S/C14H13NOS/c1-10-7-8-14(9-10)13(16)15(2)11-5-3-4-6-12(11)17-14/h3-9H,1-2H3. The van der Waals surface area contributed by atoms with Crippen molar-refractivity contribution in [3.63, 3.8) is 0 Å². The number of hydrogen-bond donors (Lipinski definition) is 0. The maximum atomic E-state index is 12.5. The van der Waals surface area contributed by atoms with E-state index < -0.39 is 4.75 Å². The van der Waals surface area contributed by atoms with E-state index in [0.717, 1.165) is 16.2 Å². The third kappa shape index (κ3) is 1.46. The Bertz CT molecular complexity index is 561. The largest absolute Gasteiger partial charge is 0.313 e. The molecule has 2 nitrogen and oxygen atoms in total. The fraction of sp³-hybridized carbons (Fsp3) is 0.214. The van der Waals surface area contributed by atoms with Gasteiger partial charge in [-0.05, 0) is 19.1 Å². The fourth-order valence-corrected chi connectivity index (χ4v) is 3.73. The van der Waals surface area contributed by atoms with Crippen molar-refractivity contribution < 1.29 is 4.79 Å². The molecule has 1 amide bonds. The summed E-state index contributed by atoms with van der Waals surface area (Å²) in [5.74, 6) is 0.134. The lowest BCUT2D eigenvalue weighted by Gasteiger charge is -2.35. The number of carbonyl (C=O) groups excluding carboxylic acids is 1. The molecule has 86 valence electrons. The zero-order chi connectivity index (χ0) is 12.0. The predicted molar refractivity (Wildman–Crippen MR) is 71.3 cm³/mol. The smallest absolute Gasteiger partial charge is 0.251 e. The third-order valence-electron chi connectivity index (χ3n) is 3.18. The summed E-state index contributed by atoms with van der Waals surface area (Å²) in [6.07, 6.45) is 6.07. The molecular formula is C14H13NOS. The highest BCUT2D eigenvalue weighted by molar-refractivity contribution is 8.02. The Kier molecular flexibility index (Phi) is 2.20. The van der Waals surface area contributed by atoms with E-state index in [0.29, 0.717) is 0 Å². The van der Waals surface area contributed by atoms with Crippen LogP contribution in [0.4, 0.5) is 5.69 Å². The first-order chi connectivity index (χ1) is 8.12. The number of hydrogen-bond acceptors (Lipinski definition) is 2. The lowest BCUT2D eigenvalue weighted by molar-refractivity contribution is -0.118. The molecule has 1 aromatic carbocycles. The van der Waals surface area contributed by atoms with E-state index in [1.165, 1.54) is 0 Å². The number of thioether (sulfide) groups is 1. The van der Waals surface area contributed by atoms with Crippen molar-refractivity contribution in [3.05, 3.63) is 48.1 Å². The van der Waals surface area contributed by atoms with Gasteiger partial charge in [-0.2, -0.15) is 0 Å². The first-order valence-corrected chi connectivity index (χ1v) is 6.39. The first-order valence-electron chi connectivity index (χ1n) is 5.57. The highest BCUT2D eigenvalue weighted by Crippen LogP contribution is 2.48. The van der Waals surface area contributed by atoms with Crippen molar-refractivity contribution in [1.29, 1.82) is 0 Å². The second-order valence-electron chi connectivity index (χ2n) is 4.45. The van der Waals surface area contributed by atoms with E-state index in [1.807, 2.05) is 50.4 Å². The van der Waals surface area contributed by atoms with Crippen LogP contribution in [0.5, 0.6) is 0 Å². The molecule has 17 heavy (non-hydrogen) atoms. The second-order valence-corrected chi connectivity index (χ2v) is 5.77. The third-order valence-corrected chi connectivity index (χ3v) is 4.51. The van der Waals surface area contributed by atoms with Gasteiger partial charge in [0.2, 0.25) is 0 Å². The maximum absolute atomic E-state index is 12.5. The molecule has 1 spiro atoms. The molecule has 0 N–H and O–H groups in total. The van der Waals surface area contributed by atoms with Crippen molar-refractivity contribution in [2.24, 2.45) is 0 Å². The number of nitrogens with zero attached hydrogens (tertiary/aromatic N) is 1. The van der Waals surface area contributed by atoms with Crippen molar-refractivity contribution in [2.45, 2.75) is 16.6 Å². The SMILES string of the molecule is CC1=CC2(C=C1)Sc1ccccc1N(C)C2=O. The van der Waals surface area contributed by atoms with Crippen LogP contribution in [0.1, 0.15) is 6.92 Å². The van der Waals surface area contributed by atoms with Crippen LogP contribution >= 0.6 is 11.8 Å². The van der Waals surface area contributed by atoms with Crippen molar-refractivity contribution in [3.8, 4) is 0 Å².